The summed E-state index contributed by atoms with van der Waals surface area (Å²) in [5.41, 5.74) is 4.61. The fraction of sp³-hybridized carbons (Fsp3) is 0.458. The van der Waals surface area contributed by atoms with E-state index in [0.29, 0.717) is 19.6 Å². The van der Waals surface area contributed by atoms with Gasteiger partial charge in [-0.25, -0.2) is 0 Å². The van der Waals surface area contributed by atoms with Crippen molar-refractivity contribution in [3.05, 3.63) is 64.5 Å². The molecule has 1 aromatic carbocycles. The molecule has 2 aromatic rings. The van der Waals surface area contributed by atoms with E-state index in [-0.39, 0.29) is 17.9 Å². The minimum atomic E-state index is -0.689. The summed E-state index contributed by atoms with van der Waals surface area (Å²) >= 11 is 0. The van der Waals surface area contributed by atoms with E-state index in [4.69, 9.17) is 4.74 Å². The number of carbonyl (C=O) groups excluding carboxylic acids is 2. The number of H-pyrrole nitrogens is 1. The summed E-state index contributed by atoms with van der Waals surface area (Å²) in [6, 6.07) is 8.21. The molecule has 7 heteroatoms. The molecular formula is C24H28N4O3. The molecule has 31 heavy (non-hydrogen) atoms. The Kier molecular flexibility index (Phi) is 4.55. The normalized spacial score (nSPS) is 28.5. The van der Waals surface area contributed by atoms with E-state index in [1.54, 1.807) is 11.9 Å². The number of carbonyl (C=O) groups is 2. The number of nitrogens with one attached hydrogen (secondary N) is 1. The van der Waals surface area contributed by atoms with Gasteiger partial charge in [0.1, 0.15) is 5.60 Å². The number of fused-ring (bicyclic) bond motifs is 1. The van der Waals surface area contributed by atoms with Gasteiger partial charge < -0.3 is 14.5 Å². The van der Waals surface area contributed by atoms with Crippen molar-refractivity contribution in [2.45, 2.75) is 45.6 Å². The molecule has 0 radical (unpaired) electrons. The van der Waals surface area contributed by atoms with Gasteiger partial charge in [-0.05, 0) is 43.5 Å². The van der Waals surface area contributed by atoms with Gasteiger partial charge in [0, 0.05) is 19.3 Å². The Balaban J connectivity index is 1.35. The SMILES string of the molecule is Cc1cc(CN(C)C(=O)[C@@H]2[C@@H]3C=C[C@@]4(CN(Cc5ccc(C)c(C)c5)C(=O)[C@@H]24)O3)n[nH]1. The van der Waals surface area contributed by atoms with E-state index < -0.39 is 17.4 Å². The number of rotatable bonds is 5. The van der Waals surface area contributed by atoms with Crippen molar-refractivity contribution in [1.29, 1.82) is 0 Å². The molecule has 0 unspecified atom stereocenters. The zero-order valence-electron chi connectivity index (χ0n) is 18.4. The predicted octanol–water partition coefficient (Wildman–Crippen LogP) is 2.28. The van der Waals surface area contributed by atoms with Gasteiger partial charge >= 0.3 is 0 Å². The maximum absolute atomic E-state index is 13.5. The van der Waals surface area contributed by atoms with Crippen LogP contribution < -0.4 is 0 Å². The van der Waals surface area contributed by atoms with Crippen molar-refractivity contribution in [3.63, 3.8) is 0 Å². The van der Waals surface area contributed by atoms with Crippen LogP contribution in [0.3, 0.4) is 0 Å². The molecule has 1 spiro atoms. The standard InChI is InChI=1S/C24H28N4O3/c1-14-5-6-17(9-15(14)2)11-28-13-24-8-7-19(31-24)20(21(24)23(28)30)22(29)27(4)12-18-10-16(3)25-26-18/h5-10,19-21H,11-13H2,1-4H3,(H,25,26)/t19-,20+,21+,24-/m0/s1. The molecule has 2 saturated heterocycles. The molecule has 3 aliphatic heterocycles. The number of aryl methyl sites for hydroxylation is 3. The minimum Gasteiger partial charge on any atom is -0.360 e. The lowest BCUT2D eigenvalue weighted by Crippen LogP contribution is -2.44. The second kappa shape index (κ2) is 7.05. The minimum absolute atomic E-state index is 0.00689. The van der Waals surface area contributed by atoms with Crippen LogP contribution in [0.2, 0.25) is 0 Å². The second-order valence-electron chi connectivity index (χ2n) is 9.25. The topological polar surface area (TPSA) is 78.5 Å². The summed E-state index contributed by atoms with van der Waals surface area (Å²) < 4.78 is 6.26. The third kappa shape index (κ3) is 3.19. The first-order valence-electron chi connectivity index (χ1n) is 10.8. The average Bonchev–Trinajstić information content (AvgIpc) is 3.46. The number of hydrogen-bond acceptors (Lipinski definition) is 4. The first kappa shape index (κ1) is 20.0. The maximum Gasteiger partial charge on any atom is 0.230 e. The number of aromatic nitrogens is 2. The first-order valence-corrected chi connectivity index (χ1v) is 10.8. The molecule has 0 aliphatic carbocycles. The number of aromatic amines is 1. The van der Waals surface area contributed by atoms with Crippen LogP contribution in [-0.4, -0.2) is 57.1 Å². The largest absolute Gasteiger partial charge is 0.360 e. The van der Waals surface area contributed by atoms with Gasteiger partial charge in [-0.15, -0.1) is 0 Å². The van der Waals surface area contributed by atoms with Crippen molar-refractivity contribution >= 4 is 11.8 Å². The molecule has 4 heterocycles. The van der Waals surface area contributed by atoms with Crippen molar-refractivity contribution in [3.8, 4) is 0 Å². The highest BCUT2D eigenvalue weighted by Gasteiger charge is 2.67. The molecule has 162 valence electrons. The molecule has 4 atom stereocenters. The molecular weight excluding hydrogens is 392 g/mol. The number of amides is 2. The third-order valence-electron chi connectivity index (χ3n) is 6.94. The summed E-state index contributed by atoms with van der Waals surface area (Å²) in [6.45, 7) is 7.51. The van der Waals surface area contributed by atoms with Crippen LogP contribution in [0.15, 0.2) is 36.4 Å². The zero-order chi connectivity index (χ0) is 21.9. The van der Waals surface area contributed by atoms with E-state index in [2.05, 4.69) is 42.2 Å². The highest BCUT2D eigenvalue weighted by atomic mass is 16.5. The summed E-state index contributed by atoms with van der Waals surface area (Å²) in [6.07, 6.45) is 3.62. The Morgan fingerprint density at radius 1 is 1.29 bits per heavy atom. The van der Waals surface area contributed by atoms with Gasteiger partial charge in [-0.2, -0.15) is 5.10 Å². The van der Waals surface area contributed by atoms with Crippen molar-refractivity contribution in [1.82, 2.24) is 20.0 Å². The van der Waals surface area contributed by atoms with Crippen molar-refractivity contribution in [2.75, 3.05) is 13.6 Å². The maximum atomic E-state index is 13.5. The van der Waals surface area contributed by atoms with Crippen LogP contribution in [0.1, 0.15) is 28.1 Å². The lowest BCUT2D eigenvalue weighted by Gasteiger charge is -2.27. The first-order chi connectivity index (χ1) is 14.8. The quantitative estimate of drug-likeness (QED) is 0.753. The lowest BCUT2D eigenvalue weighted by atomic mass is 9.76. The van der Waals surface area contributed by atoms with Gasteiger partial charge in [-0.1, -0.05) is 30.4 Å². The Morgan fingerprint density at radius 3 is 2.81 bits per heavy atom. The molecule has 7 nitrogen and oxygen atoms in total. The number of ether oxygens (including phenoxy) is 1. The average molecular weight is 421 g/mol. The second-order valence-corrected chi connectivity index (χ2v) is 9.25. The number of hydrogen-bond donors (Lipinski definition) is 1. The van der Waals surface area contributed by atoms with Gasteiger partial charge in [0.15, 0.2) is 0 Å². The summed E-state index contributed by atoms with van der Waals surface area (Å²) in [5.74, 6) is -1.02. The van der Waals surface area contributed by atoms with Crippen LogP contribution in [0, 0.1) is 32.6 Å². The van der Waals surface area contributed by atoms with Crippen LogP contribution in [0.25, 0.3) is 0 Å². The van der Waals surface area contributed by atoms with E-state index in [1.165, 1.54) is 11.1 Å². The Labute approximate surface area is 182 Å². The van der Waals surface area contributed by atoms with Crippen LogP contribution >= 0.6 is 0 Å². The fourth-order valence-electron chi connectivity index (χ4n) is 5.25. The Hall–Kier alpha value is -2.93. The van der Waals surface area contributed by atoms with Crippen LogP contribution in [0.4, 0.5) is 0 Å². The van der Waals surface area contributed by atoms with Gasteiger partial charge in [0.05, 0.1) is 36.7 Å². The molecule has 0 saturated carbocycles. The zero-order valence-corrected chi connectivity index (χ0v) is 18.4. The van der Waals surface area contributed by atoms with Crippen molar-refractivity contribution < 1.29 is 14.3 Å². The predicted molar refractivity (Wildman–Crippen MR) is 115 cm³/mol. The molecule has 1 aromatic heterocycles. The third-order valence-corrected chi connectivity index (χ3v) is 6.94. The van der Waals surface area contributed by atoms with Crippen molar-refractivity contribution in [2.24, 2.45) is 11.8 Å². The van der Waals surface area contributed by atoms with Crippen LogP contribution in [0.5, 0.6) is 0 Å². The Bertz CT molecular complexity index is 1090. The fourth-order valence-corrected chi connectivity index (χ4v) is 5.25. The smallest absolute Gasteiger partial charge is 0.230 e. The highest BCUT2D eigenvalue weighted by molar-refractivity contribution is 5.93. The monoisotopic (exact) mass is 420 g/mol. The number of nitrogens with zero attached hydrogens (tertiary/aromatic N) is 3. The molecule has 3 aliphatic rings. The summed E-state index contributed by atoms with van der Waals surface area (Å²) in [5, 5.41) is 7.13. The van der Waals surface area contributed by atoms with Gasteiger partial charge in [-0.3, -0.25) is 14.7 Å². The molecule has 2 amide bonds. The number of benzene rings is 1. The van der Waals surface area contributed by atoms with Crippen LogP contribution in [-0.2, 0) is 27.4 Å². The summed E-state index contributed by atoms with van der Waals surface area (Å²) in [7, 11) is 1.76. The molecule has 2 bridgehead atoms. The highest BCUT2D eigenvalue weighted by Crippen LogP contribution is 2.52. The van der Waals surface area contributed by atoms with E-state index in [1.807, 2.05) is 30.0 Å². The van der Waals surface area contributed by atoms with Gasteiger partial charge in [0.2, 0.25) is 11.8 Å². The number of likely N-dealkylation sites (tertiary alicyclic amines) is 1. The molecule has 5 rings (SSSR count). The van der Waals surface area contributed by atoms with E-state index in [0.717, 1.165) is 17.0 Å². The van der Waals surface area contributed by atoms with E-state index >= 15 is 0 Å². The van der Waals surface area contributed by atoms with Gasteiger partial charge in [0.25, 0.3) is 0 Å². The van der Waals surface area contributed by atoms with E-state index in [9.17, 15) is 9.59 Å². The summed E-state index contributed by atoms with van der Waals surface area (Å²) in [4.78, 5) is 30.3. The Morgan fingerprint density at radius 2 is 2.10 bits per heavy atom. The lowest BCUT2D eigenvalue weighted by molar-refractivity contribution is -0.142. The molecule has 1 N–H and O–H groups in total. The molecule has 2 fully saturated rings.